The number of hydrogen-bond acceptors (Lipinski definition) is 13. The van der Waals surface area contributed by atoms with Gasteiger partial charge in [0.2, 0.25) is 5.91 Å². The number of hydrogen-bond donors (Lipinski definition) is 9. The first-order valence-electron chi connectivity index (χ1n) is 39.5. The average molecular weight is 1330 g/mol. The summed E-state index contributed by atoms with van der Waals surface area (Å²) < 4.78 is 22.9. The van der Waals surface area contributed by atoms with Gasteiger partial charge in [0.15, 0.2) is 12.6 Å². The molecule has 2 aliphatic heterocycles. The van der Waals surface area contributed by atoms with Crippen molar-refractivity contribution in [3.63, 3.8) is 0 Å². The fraction of sp³-hybridized carbons (Fsp3) is 0.863. The fourth-order valence-corrected chi connectivity index (χ4v) is 13.0. The molecule has 0 aliphatic carbocycles. The Hall–Kier alpha value is -2.31. The summed E-state index contributed by atoms with van der Waals surface area (Å²) >= 11 is 0. The van der Waals surface area contributed by atoms with E-state index in [-0.39, 0.29) is 18.9 Å². The first-order valence-corrected chi connectivity index (χ1v) is 39.5. The van der Waals surface area contributed by atoms with E-state index < -0.39 is 86.8 Å². The van der Waals surface area contributed by atoms with Crippen LogP contribution in [0.15, 0.2) is 60.8 Å². The second kappa shape index (κ2) is 64.1. The molecule has 0 radical (unpaired) electrons. The Labute approximate surface area is 575 Å². The molecule has 2 saturated heterocycles. The first-order chi connectivity index (χ1) is 46.1. The van der Waals surface area contributed by atoms with Gasteiger partial charge < -0.3 is 65.1 Å². The van der Waals surface area contributed by atoms with Crippen molar-refractivity contribution in [3.8, 4) is 0 Å². The molecule has 2 fully saturated rings. The first kappa shape index (κ1) is 87.8. The molecule has 2 heterocycles. The lowest BCUT2D eigenvalue weighted by Crippen LogP contribution is -2.65. The molecule has 0 bridgehead atoms. The maximum atomic E-state index is 13.4. The summed E-state index contributed by atoms with van der Waals surface area (Å²) in [7, 11) is 0. The maximum absolute atomic E-state index is 13.4. The van der Waals surface area contributed by atoms with Gasteiger partial charge in [-0.15, -0.1) is 0 Å². The van der Waals surface area contributed by atoms with Crippen LogP contribution in [-0.2, 0) is 23.7 Å². The summed E-state index contributed by atoms with van der Waals surface area (Å²) in [4.78, 5) is 13.4. The molecule has 0 aromatic heterocycles. The zero-order chi connectivity index (χ0) is 68.0. The van der Waals surface area contributed by atoms with E-state index in [4.69, 9.17) is 18.9 Å². The number of carbonyl (C=O) groups excluding carboxylic acids is 1. The molecule has 0 aromatic rings. The van der Waals surface area contributed by atoms with Gasteiger partial charge in [0, 0.05) is 6.42 Å². The van der Waals surface area contributed by atoms with Crippen molar-refractivity contribution in [1.29, 1.82) is 0 Å². The Morgan fingerprint density at radius 2 is 0.734 bits per heavy atom. The van der Waals surface area contributed by atoms with Crippen LogP contribution in [-0.4, -0.2) is 140 Å². The van der Waals surface area contributed by atoms with Crippen LogP contribution in [0.3, 0.4) is 0 Å². The Balaban J connectivity index is 1.59. The molecule has 550 valence electrons. The molecule has 1 amide bonds. The van der Waals surface area contributed by atoms with Crippen LogP contribution in [0.1, 0.15) is 348 Å². The summed E-state index contributed by atoms with van der Waals surface area (Å²) in [5.74, 6) is -0.232. The number of nitrogens with one attached hydrogen (secondary N) is 1. The Morgan fingerprint density at radius 1 is 0.394 bits per heavy atom. The van der Waals surface area contributed by atoms with Crippen LogP contribution in [0.4, 0.5) is 0 Å². The number of aliphatic hydroxyl groups excluding tert-OH is 8. The zero-order valence-electron chi connectivity index (χ0n) is 60.2. The van der Waals surface area contributed by atoms with E-state index in [1.54, 1.807) is 6.08 Å². The van der Waals surface area contributed by atoms with Gasteiger partial charge in [0.05, 0.1) is 32.0 Å². The normalized spacial score (nSPS) is 22.7. The summed E-state index contributed by atoms with van der Waals surface area (Å²) in [6.45, 7) is 2.74. The Bertz CT molecular complexity index is 1810. The van der Waals surface area contributed by atoms with Crippen LogP contribution in [0.2, 0.25) is 0 Å². The van der Waals surface area contributed by atoms with Gasteiger partial charge in [-0.05, 0) is 57.8 Å². The van der Waals surface area contributed by atoms with Gasteiger partial charge in [-0.1, -0.05) is 344 Å². The van der Waals surface area contributed by atoms with Gasteiger partial charge in [0.1, 0.15) is 48.8 Å². The van der Waals surface area contributed by atoms with Crippen LogP contribution in [0.5, 0.6) is 0 Å². The molecule has 14 heteroatoms. The van der Waals surface area contributed by atoms with Crippen molar-refractivity contribution in [2.24, 2.45) is 0 Å². The lowest BCUT2D eigenvalue weighted by molar-refractivity contribution is -0.359. The van der Waals surface area contributed by atoms with Gasteiger partial charge in [-0.2, -0.15) is 0 Å². The monoisotopic (exact) mass is 1330 g/mol. The lowest BCUT2D eigenvalue weighted by Gasteiger charge is -2.46. The van der Waals surface area contributed by atoms with Crippen molar-refractivity contribution in [2.75, 3.05) is 19.8 Å². The molecule has 9 N–H and O–H groups in total. The minimum atomic E-state index is -1.79. The van der Waals surface area contributed by atoms with Crippen LogP contribution >= 0.6 is 0 Å². The minimum Gasteiger partial charge on any atom is -0.394 e. The maximum Gasteiger partial charge on any atom is 0.220 e. The predicted octanol–water partition coefficient (Wildman–Crippen LogP) is 17.6. The summed E-state index contributed by atoms with van der Waals surface area (Å²) in [6, 6.07) is -0.915. The summed E-state index contributed by atoms with van der Waals surface area (Å²) in [5, 5.41) is 87.6. The van der Waals surface area contributed by atoms with Crippen LogP contribution in [0, 0.1) is 0 Å². The van der Waals surface area contributed by atoms with E-state index in [0.29, 0.717) is 6.42 Å². The smallest absolute Gasteiger partial charge is 0.220 e. The molecule has 94 heavy (non-hydrogen) atoms. The Morgan fingerprint density at radius 3 is 1.13 bits per heavy atom. The van der Waals surface area contributed by atoms with Gasteiger partial charge in [-0.3, -0.25) is 4.79 Å². The molecular weight excluding hydrogens is 1180 g/mol. The van der Waals surface area contributed by atoms with Crippen LogP contribution < -0.4 is 5.32 Å². The number of amides is 1. The second-order valence-corrected chi connectivity index (χ2v) is 27.8. The van der Waals surface area contributed by atoms with E-state index in [1.165, 1.54) is 257 Å². The van der Waals surface area contributed by atoms with Gasteiger partial charge >= 0.3 is 0 Å². The predicted molar refractivity (Wildman–Crippen MR) is 387 cm³/mol. The molecular formula is C80H147NO13. The summed E-state index contributed by atoms with van der Waals surface area (Å²) in [6.07, 6.45) is 70.2. The second-order valence-electron chi connectivity index (χ2n) is 27.8. The molecule has 12 unspecified atom stereocenters. The van der Waals surface area contributed by atoms with Crippen molar-refractivity contribution in [2.45, 2.75) is 421 Å². The van der Waals surface area contributed by atoms with E-state index in [2.05, 4.69) is 67.8 Å². The molecule has 12 atom stereocenters. The molecule has 2 rings (SSSR count). The van der Waals surface area contributed by atoms with Gasteiger partial charge in [-0.25, -0.2) is 0 Å². The number of unbranched alkanes of at least 4 members (excludes halogenated alkanes) is 45. The van der Waals surface area contributed by atoms with Crippen molar-refractivity contribution >= 4 is 5.91 Å². The molecule has 0 spiro atoms. The standard InChI is InChI=1S/C80H147NO13/c1-3-5-7-9-11-13-15-17-19-21-23-25-27-28-29-30-31-32-33-34-35-36-37-38-39-40-42-44-46-48-50-52-54-56-58-60-62-64-72(85)81-68(67-91-79-77(90)75(88)78(71(66-83)93-79)94-80-76(89)74(87)73(86)70(65-82)92-80)69(84)63-61-59-57-55-53-51-49-47-45-43-41-26-24-22-20-18-16-14-12-10-8-6-4-2/h5,7,11,13,17,19,23,25,61,63,68-71,73-80,82-84,86-90H,3-4,6,8-10,12,14-16,18,20-22,24,26-60,62,64-67H2,1-2H3,(H,81,85)/b7-5-,13-11-,19-17-,25-23-,63-61+. The van der Waals surface area contributed by atoms with E-state index in [0.717, 1.165) is 64.2 Å². The largest absolute Gasteiger partial charge is 0.394 e. The number of aliphatic hydroxyl groups is 8. The molecule has 14 nitrogen and oxygen atoms in total. The van der Waals surface area contributed by atoms with E-state index >= 15 is 0 Å². The fourth-order valence-electron chi connectivity index (χ4n) is 13.0. The Kier molecular flexibility index (Phi) is 59.8. The highest BCUT2D eigenvalue weighted by Crippen LogP contribution is 2.30. The lowest BCUT2D eigenvalue weighted by atomic mass is 9.97. The number of rotatable bonds is 66. The molecule has 0 aromatic carbocycles. The summed E-state index contributed by atoms with van der Waals surface area (Å²) in [5.41, 5.74) is 0. The van der Waals surface area contributed by atoms with E-state index in [1.807, 2.05) is 6.08 Å². The topological polar surface area (TPSA) is 228 Å². The highest BCUT2D eigenvalue weighted by atomic mass is 16.7. The third-order valence-electron chi connectivity index (χ3n) is 19.2. The minimum absolute atomic E-state index is 0.232. The number of ether oxygens (including phenoxy) is 4. The van der Waals surface area contributed by atoms with Crippen LogP contribution in [0.25, 0.3) is 0 Å². The SMILES string of the molecule is CC/C=C\C/C=C\C/C=C\C/C=C\CCCCCCCCCCCCCCCCCCCCCCCCCCC(=O)NC(COC1OC(CO)C(OC2OC(CO)C(O)C(O)C2O)C(O)C1O)C(O)/C=C/CCCCCCCCCCCCCCCCCCCCCCC. The number of allylic oxidation sites excluding steroid dienone is 9. The highest BCUT2D eigenvalue weighted by molar-refractivity contribution is 5.76. The number of carbonyl (C=O) groups is 1. The van der Waals surface area contributed by atoms with E-state index in [9.17, 15) is 45.6 Å². The van der Waals surface area contributed by atoms with Crippen molar-refractivity contribution in [3.05, 3.63) is 60.8 Å². The molecule has 0 saturated carbocycles. The third-order valence-corrected chi connectivity index (χ3v) is 19.2. The van der Waals surface area contributed by atoms with Crippen molar-refractivity contribution < 1.29 is 64.6 Å². The third kappa shape index (κ3) is 46.9. The zero-order valence-corrected chi connectivity index (χ0v) is 60.2. The average Bonchev–Trinajstić information content (AvgIpc) is 0.794. The van der Waals surface area contributed by atoms with Gasteiger partial charge in [0.25, 0.3) is 0 Å². The molecule has 2 aliphatic rings. The highest BCUT2D eigenvalue weighted by Gasteiger charge is 2.51. The van der Waals surface area contributed by atoms with Crippen molar-refractivity contribution in [1.82, 2.24) is 5.32 Å². The quantitative estimate of drug-likeness (QED) is 0.0204.